The molecule has 0 aliphatic rings. The second-order valence-corrected chi connectivity index (χ2v) is 7.80. The summed E-state index contributed by atoms with van der Waals surface area (Å²) in [5, 5.41) is 0. The minimum atomic E-state index is -0.384. The quantitative estimate of drug-likeness (QED) is 0.395. The summed E-state index contributed by atoms with van der Waals surface area (Å²) in [7, 11) is 1.61. The largest absolute Gasteiger partial charge is 0.493 e. The van der Waals surface area contributed by atoms with Crippen molar-refractivity contribution < 1.29 is 19.0 Å². The van der Waals surface area contributed by atoms with Crippen molar-refractivity contribution in [2.75, 3.05) is 7.11 Å². The van der Waals surface area contributed by atoms with E-state index in [1.165, 1.54) is 5.56 Å². The SMILES string of the molecule is COc1ccccc1OCc1ccc(C(=O)Oc2ccc(C(C)(C)C)cc2)cc1. The number of carbonyl (C=O) groups is 1. The number of esters is 1. The molecule has 0 saturated heterocycles. The molecule has 4 nitrogen and oxygen atoms in total. The fraction of sp³-hybridized carbons (Fsp3) is 0.240. The van der Waals surface area contributed by atoms with Crippen LogP contribution in [0.1, 0.15) is 42.3 Å². The highest BCUT2D eigenvalue weighted by atomic mass is 16.5. The summed E-state index contributed by atoms with van der Waals surface area (Å²) in [5.74, 6) is 1.51. The van der Waals surface area contributed by atoms with Crippen molar-refractivity contribution in [3.63, 3.8) is 0 Å². The number of hydrogen-bond donors (Lipinski definition) is 0. The number of ether oxygens (including phenoxy) is 3. The first-order valence-corrected chi connectivity index (χ1v) is 9.54. The molecule has 0 unspecified atom stereocenters. The molecule has 0 fully saturated rings. The molecule has 3 aromatic rings. The third-order valence-corrected chi connectivity index (χ3v) is 4.58. The molecular weight excluding hydrogens is 364 g/mol. The number of para-hydroxylation sites is 2. The molecule has 0 saturated carbocycles. The zero-order valence-corrected chi connectivity index (χ0v) is 17.3. The minimum Gasteiger partial charge on any atom is -0.493 e. The van der Waals surface area contributed by atoms with Crippen molar-refractivity contribution in [2.45, 2.75) is 32.8 Å². The van der Waals surface area contributed by atoms with Gasteiger partial charge in [-0.3, -0.25) is 0 Å². The van der Waals surface area contributed by atoms with E-state index in [1.54, 1.807) is 19.2 Å². The van der Waals surface area contributed by atoms with E-state index in [9.17, 15) is 4.79 Å². The van der Waals surface area contributed by atoms with E-state index in [1.807, 2.05) is 60.7 Å². The Morgan fingerprint density at radius 1 is 0.828 bits per heavy atom. The van der Waals surface area contributed by atoms with E-state index in [4.69, 9.17) is 14.2 Å². The van der Waals surface area contributed by atoms with E-state index in [0.717, 1.165) is 5.56 Å². The van der Waals surface area contributed by atoms with Crippen molar-refractivity contribution in [3.8, 4) is 17.2 Å². The van der Waals surface area contributed by atoms with Gasteiger partial charge < -0.3 is 14.2 Å². The lowest BCUT2D eigenvalue weighted by atomic mass is 9.87. The van der Waals surface area contributed by atoms with Crippen LogP contribution >= 0.6 is 0 Å². The fourth-order valence-corrected chi connectivity index (χ4v) is 2.83. The molecule has 0 aromatic heterocycles. The maximum absolute atomic E-state index is 12.4. The highest BCUT2D eigenvalue weighted by Gasteiger charge is 2.14. The lowest BCUT2D eigenvalue weighted by Gasteiger charge is -2.19. The number of rotatable bonds is 6. The summed E-state index contributed by atoms with van der Waals surface area (Å²) >= 11 is 0. The van der Waals surface area contributed by atoms with Gasteiger partial charge in [-0.1, -0.05) is 57.2 Å². The van der Waals surface area contributed by atoms with Gasteiger partial charge in [-0.05, 0) is 52.9 Å². The normalized spacial score (nSPS) is 11.0. The van der Waals surface area contributed by atoms with Crippen LogP contribution in [0.15, 0.2) is 72.8 Å². The van der Waals surface area contributed by atoms with Crippen molar-refractivity contribution in [3.05, 3.63) is 89.5 Å². The van der Waals surface area contributed by atoms with Gasteiger partial charge in [0, 0.05) is 0 Å². The molecule has 0 amide bonds. The Hall–Kier alpha value is -3.27. The summed E-state index contributed by atoms with van der Waals surface area (Å²) in [6.45, 7) is 6.82. The smallest absolute Gasteiger partial charge is 0.343 e. The molecule has 0 aliphatic carbocycles. The first-order valence-electron chi connectivity index (χ1n) is 9.54. The molecular formula is C25H26O4. The van der Waals surface area contributed by atoms with Crippen molar-refractivity contribution >= 4 is 5.97 Å². The Morgan fingerprint density at radius 3 is 2.03 bits per heavy atom. The molecule has 0 N–H and O–H groups in total. The van der Waals surface area contributed by atoms with Gasteiger partial charge >= 0.3 is 5.97 Å². The maximum atomic E-state index is 12.4. The highest BCUT2D eigenvalue weighted by Crippen LogP contribution is 2.27. The molecule has 0 radical (unpaired) electrons. The summed E-state index contributed by atoms with van der Waals surface area (Å²) in [4.78, 5) is 12.4. The first-order chi connectivity index (χ1) is 13.9. The summed E-state index contributed by atoms with van der Waals surface area (Å²) in [5.41, 5.74) is 2.69. The summed E-state index contributed by atoms with van der Waals surface area (Å²) in [6.07, 6.45) is 0. The highest BCUT2D eigenvalue weighted by molar-refractivity contribution is 5.91. The molecule has 3 aromatic carbocycles. The van der Waals surface area contributed by atoms with Crippen LogP contribution in [0.2, 0.25) is 0 Å². The van der Waals surface area contributed by atoms with Gasteiger partial charge in [0.2, 0.25) is 0 Å². The molecule has 0 atom stereocenters. The lowest BCUT2D eigenvalue weighted by Crippen LogP contribution is -2.12. The van der Waals surface area contributed by atoms with Gasteiger partial charge in [-0.2, -0.15) is 0 Å². The molecule has 150 valence electrons. The standard InChI is InChI=1S/C25H26O4/c1-25(2,3)20-13-15-21(16-14-20)29-24(26)19-11-9-18(10-12-19)17-28-23-8-6-5-7-22(23)27-4/h5-16H,17H2,1-4H3. The van der Waals surface area contributed by atoms with E-state index >= 15 is 0 Å². The molecule has 0 heterocycles. The zero-order valence-electron chi connectivity index (χ0n) is 17.3. The van der Waals surface area contributed by atoms with E-state index in [-0.39, 0.29) is 11.4 Å². The number of carbonyl (C=O) groups excluding carboxylic acids is 1. The van der Waals surface area contributed by atoms with Crippen LogP contribution in [0.25, 0.3) is 0 Å². The van der Waals surface area contributed by atoms with Crippen LogP contribution in [0.3, 0.4) is 0 Å². The maximum Gasteiger partial charge on any atom is 0.343 e. The molecule has 29 heavy (non-hydrogen) atoms. The number of benzene rings is 3. The Balaban J connectivity index is 1.60. The van der Waals surface area contributed by atoms with Gasteiger partial charge in [-0.15, -0.1) is 0 Å². The topological polar surface area (TPSA) is 44.8 Å². The van der Waals surface area contributed by atoms with Gasteiger partial charge in [0.25, 0.3) is 0 Å². The van der Waals surface area contributed by atoms with Crippen molar-refractivity contribution in [1.29, 1.82) is 0 Å². The molecule has 3 rings (SSSR count). The lowest BCUT2D eigenvalue weighted by molar-refractivity contribution is 0.0734. The predicted octanol–water partition coefficient (Wildman–Crippen LogP) is 5.79. The predicted molar refractivity (Wildman–Crippen MR) is 114 cm³/mol. The van der Waals surface area contributed by atoms with Crippen molar-refractivity contribution in [2.24, 2.45) is 0 Å². The van der Waals surface area contributed by atoms with Crippen molar-refractivity contribution in [1.82, 2.24) is 0 Å². The van der Waals surface area contributed by atoms with Gasteiger partial charge in [0.15, 0.2) is 11.5 Å². The van der Waals surface area contributed by atoms with E-state index in [0.29, 0.717) is 29.4 Å². The third kappa shape index (κ3) is 5.38. The Bertz CT molecular complexity index is 951. The summed E-state index contributed by atoms with van der Waals surface area (Å²) in [6, 6.07) is 22.3. The molecule has 4 heteroatoms. The second kappa shape index (κ2) is 8.82. The van der Waals surface area contributed by atoms with E-state index < -0.39 is 0 Å². The van der Waals surface area contributed by atoms with Gasteiger partial charge in [0.05, 0.1) is 12.7 Å². The zero-order chi connectivity index (χ0) is 20.9. The Labute approximate surface area is 172 Å². The average molecular weight is 390 g/mol. The second-order valence-electron chi connectivity index (χ2n) is 7.80. The van der Waals surface area contributed by atoms with Crippen LogP contribution in [-0.4, -0.2) is 13.1 Å². The Morgan fingerprint density at radius 2 is 1.45 bits per heavy atom. The van der Waals surface area contributed by atoms with Crippen LogP contribution in [0.4, 0.5) is 0 Å². The van der Waals surface area contributed by atoms with Crippen LogP contribution in [0, 0.1) is 0 Å². The number of hydrogen-bond acceptors (Lipinski definition) is 4. The Kier molecular flexibility index (Phi) is 6.23. The first kappa shape index (κ1) is 20.5. The monoisotopic (exact) mass is 390 g/mol. The summed E-state index contributed by atoms with van der Waals surface area (Å²) < 4.78 is 16.6. The molecule has 0 spiro atoms. The van der Waals surface area contributed by atoms with Gasteiger partial charge in [0.1, 0.15) is 12.4 Å². The minimum absolute atomic E-state index is 0.0597. The van der Waals surface area contributed by atoms with Gasteiger partial charge in [-0.25, -0.2) is 4.79 Å². The third-order valence-electron chi connectivity index (χ3n) is 4.58. The van der Waals surface area contributed by atoms with Crippen LogP contribution in [-0.2, 0) is 12.0 Å². The van der Waals surface area contributed by atoms with Crippen LogP contribution < -0.4 is 14.2 Å². The van der Waals surface area contributed by atoms with E-state index in [2.05, 4.69) is 20.8 Å². The van der Waals surface area contributed by atoms with Crippen LogP contribution in [0.5, 0.6) is 17.2 Å². The average Bonchev–Trinajstić information content (AvgIpc) is 2.72. The fourth-order valence-electron chi connectivity index (χ4n) is 2.83. The molecule has 0 aliphatic heterocycles. The molecule has 0 bridgehead atoms. The number of methoxy groups -OCH3 is 1.